The minimum absolute atomic E-state index is 0.427. The Hall–Kier alpha value is -4.57. The van der Waals surface area contributed by atoms with Crippen molar-refractivity contribution in [2.45, 2.75) is 6.54 Å². The van der Waals surface area contributed by atoms with Crippen LogP contribution in [0.5, 0.6) is 0 Å². The van der Waals surface area contributed by atoms with Crippen LogP contribution in [0.3, 0.4) is 0 Å². The van der Waals surface area contributed by atoms with Gasteiger partial charge in [0.25, 0.3) is 0 Å². The molecule has 0 bridgehead atoms. The second-order valence-electron chi connectivity index (χ2n) is 7.66. The van der Waals surface area contributed by atoms with Gasteiger partial charge in [-0.3, -0.25) is 9.36 Å². The summed E-state index contributed by atoms with van der Waals surface area (Å²) in [6.07, 6.45) is 1.74. The van der Waals surface area contributed by atoms with E-state index in [0.29, 0.717) is 34.9 Å². The fourth-order valence-corrected chi connectivity index (χ4v) is 4.40. The van der Waals surface area contributed by atoms with Crippen LogP contribution in [0.15, 0.2) is 71.7 Å². The molecule has 1 amide bonds. The first kappa shape index (κ1) is 20.1. The van der Waals surface area contributed by atoms with E-state index in [1.165, 1.54) is 0 Å². The standard InChI is InChI=1S/C24H18N8OS/c25-21(33)14-5-7-15(8-6-14)22-30-23(26-11-19-28-17-3-1-2-4-18(17)29-19)20-24(31-22)32(13-27-20)16-9-10-34-12-16/h1-10,12-13H,11H2,(H2,25,33)(H,28,29)(H,26,30,31). The lowest BCUT2D eigenvalue weighted by molar-refractivity contribution is 0.100. The number of nitrogens with zero attached hydrogens (tertiary/aromatic N) is 5. The maximum Gasteiger partial charge on any atom is 0.248 e. The number of benzene rings is 2. The van der Waals surface area contributed by atoms with Gasteiger partial charge in [-0.05, 0) is 35.7 Å². The van der Waals surface area contributed by atoms with Crippen LogP contribution in [0.2, 0.25) is 0 Å². The molecule has 6 rings (SSSR count). The second kappa shape index (κ2) is 8.09. The lowest BCUT2D eigenvalue weighted by Gasteiger charge is -2.09. The third-order valence-corrected chi connectivity index (χ3v) is 6.14. The number of nitrogens with one attached hydrogen (secondary N) is 2. The van der Waals surface area contributed by atoms with Gasteiger partial charge in [-0.2, -0.15) is 11.3 Å². The minimum atomic E-state index is -0.480. The second-order valence-corrected chi connectivity index (χ2v) is 8.44. The fourth-order valence-electron chi connectivity index (χ4n) is 3.78. The highest BCUT2D eigenvalue weighted by Crippen LogP contribution is 2.27. The molecular weight excluding hydrogens is 448 g/mol. The molecule has 9 nitrogen and oxygen atoms in total. The van der Waals surface area contributed by atoms with E-state index in [1.807, 2.05) is 45.7 Å². The maximum absolute atomic E-state index is 11.5. The van der Waals surface area contributed by atoms with Gasteiger partial charge in [-0.25, -0.2) is 19.9 Å². The summed E-state index contributed by atoms with van der Waals surface area (Å²) in [5, 5.41) is 7.41. The number of hydrogen-bond acceptors (Lipinski definition) is 7. The molecule has 4 heterocycles. The number of carbonyl (C=O) groups excluding carboxylic acids is 1. The summed E-state index contributed by atoms with van der Waals surface area (Å²) in [6, 6.07) is 16.8. The van der Waals surface area contributed by atoms with Crippen LogP contribution in [0.1, 0.15) is 16.2 Å². The van der Waals surface area contributed by atoms with Crippen LogP contribution in [-0.4, -0.2) is 35.4 Å². The Balaban J connectivity index is 1.43. The van der Waals surface area contributed by atoms with Crippen LogP contribution in [0, 0.1) is 0 Å². The van der Waals surface area contributed by atoms with Crippen LogP contribution >= 0.6 is 11.3 Å². The quantitative estimate of drug-likeness (QED) is 0.339. The van der Waals surface area contributed by atoms with Gasteiger partial charge >= 0.3 is 0 Å². The monoisotopic (exact) mass is 466 g/mol. The summed E-state index contributed by atoms with van der Waals surface area (Å²) in [6.45, 7) is 0.437. The molecule has 0 aliphatic carbocycles. The average molecular weight is 467 g/mol. The number of primary amides is 1. The molecule has 4 N–H and O–H groups in total. The summed E-state index contributed by atoms with van der Waals surface area (Å²) in [7, 11) is 0. The molecule has 0 unspecified atom stereocenters. The van der Waals surface area contributed by atoms with Crippen molar-refractivity contribution < 1.29 is 4.79 Å². The van der Waals surface area contributed by atoms with Gasteiger partial charge in [0.1, 0.15) is 12.2 Å². The van der Waals surface area contributed by atoms with Crippen molar-refractivity contribution >= 4 is 45.3 Å². The molecule has 34 heavy (non-hydrogen) atoms. The molecule has 10 heteroatoms. The summed E-state index contributed by atoms with van der Waals surface area (Å²) in [5.41, 5.74) is 10.8. The predicted octanol–water partition coefficient (Wildman–Crippen LogP) is 4.13. The van der Waals surface area contributed by atoms with E-state index >= 15 is 0 Å². The van der Waals surface area contributed by atoms with Crippen LogP contribution in [0.25, 0.3) is 39.3 Å². The zero-order chi connectivity index (χ0) is 23.1. The van der Waals surface area contributed by atoms with Crippen molar-refractivity contribution in [2.75, 3.05) is 5.32 Å². The number of imidazole rings is 2. The Kier molecular flexibility index (Phi) is 4.77. The maximum atomic E-state index is 11.5. The third-order valence-electron chi connectivity index (χ3n) is 5.47. The van der Waals surface area contributed by atoms with Gasteiger partial charge in [0.2, 0.25) is 5.91 Å². The molecular formula is C24H18N8OS. The normalized spacial score (nSPS) is 11.3. The van der Waals surface area contributed by atoms with E-state index in [-0.39, 0.29) is 0 Å². The van der Waals surface area contributed by atoms with Gasteiger partial charge in [0, 0.05) is 16.5 Å². The number of nitrogens with two attached hydrogens (primary N) is 1. The highest BCUT2D eigenvalue weighted by molar-refractivity contribution is 7.08. The Morgan fingerprint density at radius 2 is 1.91 bits per heavy atom. The Labute approximate surface area is 197 Å². The van der Waals surface area contributed by atoms with Crippen LogP contribution in [-0.2, 0) is 6.54 Å². The van der Waals surface area contributed by atoms with E-state index in [0.717, 1.165) is 28.1 Å². The van der Waals surface area contributed by atoms with Crippen molar-refractivity contribution in [1.82, 2.24) is 29.5 Å². The summed E-state index contributed by atoms with van der Waals surface area (Å²) >= 11 is 1.60. The van der Waals surface area contributed by atoms with E-state index in [4.69, 9.17) is 15.7 Å². The average Bonchev–Trinajstić information content (AvgIpc) is 3.61. The number of carbonyl (C=O) groups is 1. The summed E-state index contributed by atoms with van der Waals surface area (Å²) in [5.74, 6) is 1.41. The van der Waals surface area contributed by atoms with E-state index in [1.54, 1.807) is 41.9 Å². The Bertz CT molecular complexity index is 1600. The number of fused-ring (bicyclic) bond motifs is 2. The number of aromatic nitrogens is 6. The SMILES string of the molecule is NC(=O)c1ccc(-c2nc(NCc3nc4ccccc4[nH]3)c3ncn(-c4ccsc4)c3n2)cc1. The Morgan fingerprint density at radius 3 is 2.68 bits per heavy atom. The number of thiophene rings is 1. The lowest BCUT2D eigenvalue weighted by atomic mass is 10.1. The van der Waals surface area contributed by atoms with Crippen LogP contribution < -0.4 is 11.1 Å². The zero-order valence-electron chi connectivity index (χ0n) is 17.8. The molecule has 0 radical (unpaired) electrons. The van der Waals surface area contributed by atoms with Crippen molar-refractivity contribution in [2.24, 2.45) is 5.73 Å². The van der Waals surface area contributed by atoms with Crippen molar-refractivity contribution in [1.29, 1.82) is 0 Å². The molecule has 0 aliphatic rings. The molecule has 0 spiro atoms. The first-order chi connectivity index (χ1) is 16.7. The molecule has 0 fully saturated rings. The number of para-hydroxylation sites is 2. The van der Waals surface area contributed by atoms with Gasteiger partial charge in [-0.15, -0.1) is 0 Å². The molecule has 0 atom stereocenters. The van der Waals surface area contributed by atoms with Crippen molar-refractivity contribution in [3.05, 3.63) is 83.1 Å². The zero-order valence-corrected chi connectivity index (χ0v) is 18.6. The smallest absolute Gasteiger partial charge is 0.248 e. The largest absolute Gasteiger partial charge is 0.366 e. The molecule has 4 aromatic heterocycles. The minimum Gasteiger partial charge on any atom is -0.366 e. The third kappa shape index (κ3) is 3.55. The van der Waals surface area contributed by atoms with Crippen molar-refractivity contribution in [3.8, 4) is 17.1 Å². The van der Waals surface area contributed by atoms with Gasteiger partial charge in [0.15, 0.2) is 22.8 Å². The number of hydrogen-bond donors (Lipinski definition) is 3. The van der Waals surface area contributed by atoms with E-state index in [2.05, 4.69) is 20.3 Å². The molecule has 166 valence electrons. The highest BCUT2D eigenvalue weighted by Gasteiger charge is 2.16. The topological polar surface area (TPSA) is 127 Å². The first-order valence-electron chi connectivity index (χ1n) is 10.5. The fraction of sp³-hybridized carbons (Fsp3) is 0.0417. The van der Waals surface area contributed by atoms with Crippen LogP contribution in [0.4, 0.5) is 5.82 Å². The van der Waals surface area contributed by atoms with Gasteiger partial charge in [0.05, 0.1) is 23.3 Å². The predicted molar refractivity (Wildman–Crippen MR) is 132 cm³/mol. The number of amides is 1. The molecule has 6 aromatic rings. The number of anilines is 1. The number of rotatable bonds is 6. The summed E-state index contributed by atoms with van der Waals surface area (Å²) < 4.78 is 1.93. The lowest BCUT2D eigenvalue weighted by Crippen LogP contribution is -2.10. The van der Waals surface area contributed by atoms with Gasteiger partial charge in [-0.1, -0.05) is 24.3 Å². The van der Waals surface area contributed by atoms with Gasteiger partial charge < -0.3 is 16.0 Å². The molecule has 0 aliphatic heterocycles. The molecule has 2 aromatic carbocycles. The van der Waals surface area contributed by atoms with Crippen molar-refractivity contribution in [3.63, 3.8) is 0 Å². The highest BCUT2D eigenvalue weighted by atomic mass is 32.1. The number of H-pyrrole nitrogens is 1. The summed E-state index contributed by atoms with van der Waals surface area (Å²) in [4.78, 5) is 33.6. The van der Waals surface area contributed by atoms with E-state index in [9.17, 15) is 4.79 Å². The van der Waals surface area contributed by atoms with E-state index < -0.39 is 5.91 Å². The Morgan fingerprint density at radius 1 is 1.06 bits per heavy atom. The molecule has 0 saturated carbocycles. The molecule has 0 saturated heterocycles. The first-order valence-corrected chi connectivity index (χ1v) is 11.5. The number of aromatic amines is 1.